The summed E-state index contributed by atoms with van der Waals surface area (Å²) in [6.07, 6.45) is 5.78. The Kier molecular flexibility index (Phi) is 3.79. The fraction of sp³-hybridized carbons (Fsp3) is 0.500. The first-order valence-electron chi connectivity index (χ1n) is 6.47. The first kappa shape index (κ1) is 13.3. The zero-order valence-electron chi connectivity index (χ0n) is 10.7. The fourth-order valence-corrected chi connectivity index (χ4v) is 2.68. The maximum absolute atomic E-state index is 10.1. The van der Waals surface area contributed by atoms with Gasteiger partial charge in [-0.1, -0.05) is 11.6 Å². The van der Waals surface area contributed by atoms with Crippen molar-refractivity contribution in [3.63, 3.8) is 0 Å². The van der Waals surface area contributed by atoms with E-state index in [1.807, 2.05) is 0 Å². The van der Waals surface area contributed by atoms with Crippen LogP contribution >= 0.6 is 11.6 Å². The Morgan fingerprint density at radius 3 is 2.80 bits per heavy atom. The predicted octanol–water partition coefficient (Wildman–Crippen LogP) is 1.21. The van der Waals surface area contributed by atoms with Crippen LogP contribution in [-0.2, 0) is 0 Å². The number of aliphatic hydroxyl groups is 1. The van der Waals surface area contributed by atoms with E-state index in [0.29, 0.717) is 23.9 Å². The molecular weight excluding hydrogens is 280 g/mol. The topological polar surface area (TPSA) is 99.6 Å². The number of hydrogen-bond donors (Lipinski definition) is 3. The molecule has 0 saturated heterocycles. The summed E-state index contributed by atoms with van der Waals surface area (Å²) in [6.45, 7) is 0.618. The van der Waals surface area contributed by atoms with Crippen molar-refractivity contribution in [2.24, 2.45) is 5.92 Å². The van der Waals surface area contributed by atoms with E-state index in [2.05, 4.69) is 30.5 Å². The molecule has 3 N–H and O–H groups in total. The van der Waals surface area contributed by atoms with Gasteiger partial charge in [-0.3, -0.25) is 5.10 Å². The van der Waals surface area contributed by atoms with Gasteiger partial charge < -0.3 is 10.4 Å². The molecule has 8 heteroatoms. The minimum Gasteiger partial charge on any atom is -0.393 e. The Bertz CT molecular complexity index is 546. The molecule has 0 spiro atoms. The molecule has 20 heavy (non-hydrogen) atoms. The molecule has 2 heterocycles. The van der Waals surface area contributed by atoms with Crippen LogP contribution in [0.5, 0.6) is 0 Å². The Balaban J connectivity index is 1.57. The van der Waals surface area contributed by atoms with Gasteiger partial charge in [-0.2, -0.15) is 5.10 Å². The summed E-state index contributed by atoms with van der Waals surface area (Å²) in [7, 11) is 0. The van der Waals surface area contributed by atoms with E-state index >= 15 is 0 Å². The van der Waals surface area contributed by atoms with Crippen LogP contribution in [0.3, 0.4) is 0 Å². The molecule has 0 radical (unpaired) electrons. The Morgan fingerprint density at radius 1 is 1.30 bits per heavy atom. The lowest BCUT2D eigenvalue weighted by Crippen LogP contribution is -2.22. The number of nitrogens with one attached hydrogen (secondary N) is 2. The number of nitrogens with zero attached hydrogens (tertiary/aromatic N) is 4. The van der Waals surface area contributed by atoms with Gasteiger partial charge in [0.2, 0.25) is 5.95 Å². The van der Waals surface area contributed by atoms with Gasteiger partial charge >= 0.3 is 0 Å². The number of aromatic amines is 1. The number of anilines is 1. The van der Waals surface area contributed by atoms with Crippen LogP contribution in [0.2, 0.25) is 5.02 Å². The molecule has 2 aromatic heterocycles. The number of halogens is 1. The second-order valence-electron chi connectivity index (χ2n) is 4.97. The number of aromatic nitrogens is 5. The lowest BCUT2D eigenvalue weighted by atomic mass is 10.0. The maximum atomic E-state index is 10.1. The first-order chi connectivity index (χ1) is 9.72. The molecule has 1 aliphatic carbocycles. The van der Waals surface area contributed by atoms with Crippen LogP contribution in [0.1, 0.15) is 24.6 Å². The SMILES string of the molecule is O[C@H]1C[C@H](c2ncn[nH]2)C[C@H]1CNc1ncc(Cl)cn1. The van der Waals surface area contributed by atoms with Crippen molar-refractivity contribution in [2.45, 2.75) is 24.9 Å². The molecule has 0 bridgehead atoms. The molecular formula is C12H15ClN6O. The van der Waals surface area contributed by atoms with Gasteiger partial charge in [0, 0.05) is 18.4 Å². The van der Waals surface area contributed by atoms with Crippen molar-refractivity contribution in [1.82, 2.24) is 25.1 Å². The van der Waals surface area contributed by atoms with Crippen molar-refractivity contribution < 1.29 is 5.11 Å². The third-order valence-corrected chi connectivity index (χ3v) is 3.82. The molecule has 1 saturated carbocycles. The van der Waals surface area contributed by atoms with Crippen molar-refractivity contribution >= 4 is 17.5 Å². The van der Waals surface area contributed by atoms with E-state index in [0.717, 1.165) is 12.2 Å². The first-order valence-corrected chi connectivity index (χ1v) is 6.85. The number of rotatable bonds is 4. The third kappa shape index (κ3) is 2.88. The highest BCUT2D eigenvalue weighted by molar-refractivity contribution is 6.30. The normalized spacial score (nSPS) is 25.8. The summed E-state index contributed by atoms with van der Waals surface area (Å²) < 4.78 is 0. The summed E-state index contributed by atoms with van der Waals surface area (Å²) in [4.78, 5) is 12.3. The van der Waals surface area contributed by atoms with Gasteiger partial charge in [0.15, 0.2) is 0 Å². The van der Waals surface area contributed by atoms with Crippen LogP contribution in [0, 0.1) is 5.92 Å². The molecule has 0 amide bonds. The van der Waals surface area contributed by atoms with Crippen LogP contribution < -0.4 is 5.32 Å². The van der Waals surface area contributed by atoms with Gasteiger partial charge in [0.1, 0.15) is 12.2 Å². The van der Waals surface area contributed by atoms with Crippen LogP contribution in [0.15, 0.2) is 18.7 Å². The maximum Gasteiger partial charge on any atom is 0.222 e. The average molecular weight is 295 g/mol. The van der Waals surface area contributed by atoms with Crippen LogP contribution in [0.25, 0.3) is 0 Å². The van der Waals surface area contributed by atoms with E-state index in [1.54, 1.807) is 12.4 Å². The molecule has 106 valence electrons. The predicted molar refractivity (Wildman–Crippen MR) is 73.4 cm³/mol. The van der Waals surface area contributed by atoms with E-state index in [9.17, 15) is 5.11 Å². The Hall–Kier alpha value is -1.73. The van der Waals surface area contributed by atoms with Gasteiger partial charge in [-0.05, 0) is 12.8 Å². The monoisotopic (exact) mass is 294 g/mol. The van der Waals surface area contributed by atoms with Gasteiger partial charge in [0.05, 0.1) is 23.5 Å². The molecule has 1 aliphatic rings. The van der Waals surface area contributed by atoms with Gasteiger partial charge in [-0.15, -0.1) is 0 Å². The zero-order valence-corrected chi connectivity index (χ0v) is 11.5. The van der Waals surface area contributed by atoms with Crippen LogP contribution in [-0.4, -0.2) is 42.9 Å². The van der Waals surface area contributed by atoms with Gasteiger partial charge in [-0.25, -0.2) is 15.0 Å². The minimum absolute atomic E-state index is 0.143. The summed E-state index contributed by atoms with van der Waals surface area (Å²) in [6, 6.07) is 0. The molecule has 0 aliphatic heterocycles. The highest BCUT2D eigenvalue weighted by atomic mass is 35.5. The van der Waals surface area contributed by atoms with Crippen molar-refractivity contribution in [2.75, 3.05) is 11.9 Å². The zero-order chi connectivity index (χ0) is 13.9. The number of aliphatic hydroxyl groups excluding tert-OH is 1. The highest BCUT2D eigenvalue weighted by Crippen LogP contribution is 2.36. The molecule has 3 atom stereocenters. The second-order valence-corrected chi connectivity index (χ2v) is 5.41. The Morgan fingerprint density at radius 2 is 2.10 bits per heavy atom. The van der Waals surface area contributed by atoms with E-state index in [4.69, 9.17) is 11.6 Å². The average Bonchev–Trinajstić information content (AvgIpc) is 3.08. The molecule has 3 rings (SSSR count). The van der Waals surface area contributed by atoms with Crippen LogP contribution in [0.4, 0.5) is 5.95 Å². The molecule has 0 aromatic carbocycles. The lowest BCUT2D eigenvalue weighted by molar-refractivity contribution is 0.137. The lowest BCUT2D eigenvalue weighted by Gasteiger charge is -2.14. The second kappa shape index (κ2) is 5.72. The number of H-pyrrole nitrogens is 1. The molecule has 1 fully saturated rings. The van der Waals surface area contributed by atoms with Crippen molar-refractivity contribution in [3.8, 4) is 0 Å². The van der Waals surface area contributed by atoms with Crippen molar-refractivity contribution in [3.05, 3.63) is 29.6 Å². The smallest absolute Gasteiger partial charge is 0.222 e. The van der Waals surface area contributed by atoms with E-state index < -0.39 is 0 Å². The number of hydrogen-bond acceptors (Lipinski definition) is 6. The van der Waals surface area contributed by atoms with Crippen molar-refractivity contribution in [1.29, 1.82) is 0 Å². The van der Waals surface area contributed by atoms with Gasteiger partial charge in [0.25, 0.3) is 0 Å². The standard InChI is InChI=1S/C12H15ClN6O/c13-9-4-15-12(16-5-9)14-3-8-1-7(2-10(8)20)11-17-6-18-19-11/h4-8,10,20H,1-3H2,(H,14,15,16)(H,17,18,19)/t7-,8+,10+/m1/s1. The molecule has 7 nitrogen and oxygen atoms in total. The summed E-state index contributed by atoms with van der Waals surface area (Å²) in [5.74, 6) is 1.73. The van der Waals surface area contributed by atoms with E-state index in [-0.39, 0.29) is 17.9 Å². The molecule has 0 unspecified atom stereocenters. The molecule has 2 aromatic rings. The summed E-state index contributed by atoms with van der Waals surface area (Å²) >= 11 is 5.73. The largest absolute Gasteiger partial charge is 0.393 e. The third-order valence-electron chi connectivity index (χ3n) is 3.62. The summed E-state index contributed by atoms with van der Waals surface area (Å²) in [5, 5.41) is 20.5. The Labute approximate surface area is 120 Å². The fourth-order valence-electron chi connectivity index (χ4n) is 2.58. The quantitative estimate of drug-likeness (QED) is 0.784. The summed E-state index contributed by atoms with van der Waals surface area (Å²) in [5.41, 5.74) is 0. The highest BCUT2D eigenvalue weighted by Gasteiger charge is 2.35. The minimum atomic E-state index is -0.357. The van der Waals surface area contributed by atoms with E-state index in [1.165, 1.54) is 6.33 Å².